The monoisotopic (exact) mass is 291 g/mol. The molecule has 1 heterocycles. The number of aromatic carboxylic acids is 1. The number of furan rings is 1. The standard InChI is InChI=1S/C14H13NO6/c1-8-4-3-5-11(13(8)15(18)19)20-9(2)10-6-7-12(21-10)14(16)17/h3-7,9H,1-2H3,(H,16,17). The molecule has 1 atom stereocenters. The third-order valence-corrected chi connectivity index (χ3v) is 2.93. The van der Waals surface area contributed by atoms with E-state index in [0.29, 0.717) is 5.56 Å². The molecule has 0 fully saturated rings. The molecule has 2 aromatic rings. The molecule has 21 heavy (non-hydrogen) atoms. The van der Waals surface area contributed by atoms with Crippen molar-refractivity contribution >= 4 is 11.7 Å². The third kappa shape index (κ3) is 3.02. The summed E-state index contributed by atoms with van der Waals surface area (Å²) in [6.45, 7) is 3.24. The van der Waals surface area contributed by atoms with Crippen LogP contribution in [0.2, 0.25) is 0 Å². The van der Waals surface area contributed by atoms with Crippen molar-refractivity contribution < 1.29 is 24.0 Å². The van der Waals surface area contributed by atoms with Crippen LogP contribution in [0.3, 0.4) is 0 Å². The smallest absolute Gasteiger partial charge is 0.371 e. The summed E-state index contributed by atoms with van der Waals surface area (Å²) in [5.41, 5.74) is 0.365. The number of hydrogen-bond donors (Lipinski definition) is 1. The molecule has 0 aliphatic heterocycles. The van der Waals surface area contributed by atoms with Crippen molar-refractivity contribution in [2.75, 3.05) is 0 Å². The van der Waals surface area contributed by atoms with Gasteiger partial charge in [0, 0.05) is 5.56 Å². The fourth-order valence-corrected chi connectivity index (χ4v) is 1.90. The Hall–Kier alpha value is -2.83. The summed E-state index contributed by atoms with van der Waals surface area (Å²) in [6, 6.07) is 7.53. The quantitative estimate of drug-likeness (QED) is 0.669. The van der Waals surface area contributed by atoms with Gasteiger partial charge in [-0.1, -0.05) is 12.1 Å². The van der Waals surface area contributed by atoms with E-state index in [0.717, 1.165) is 0 Å². The lowest BCUT2D eigenvalue weighted by Crippen LogP contribution is -2.05. The van der Waals surface area contributed by atoms with E-state index in [-0.39, 0.29) is 23.0 Å². The van der Waals surface area contributed by atoms with E-state index in [1.54, 1.807) is 26.0 Å². The molecule has 1 aromatic heterocycles. The van der Waals surface area contributed by atoms with Crippen LogP contribution in [0.5, 0.6) is 5.75 Å². The van der Waals surface area contributed by atoms with Crippen LogP contribution in [-0.2, 0) is 0 Å². The SMILES string of the molecule is Cc1cccc(OC(C)c2ccc(C(=O)O)o2)c1[N+](=O)[O-]. The predicted octanol–water partition coefficient (Wildman–Crippen LogP) is 3.33. The lowest BCUT2D eigenvalue weighted by Gasteiger charge is -2.13. The maximum Gasteiger partial charge on any atom is 0.371 e. The molecule has 1 unspecified atom stereocenters. The average molecular weight is 291 g/mol. The van der Waals surface area contributed by atoms with Crippen LogP contribution in [0.1, 0.15) is 34.9 Å². The van der Waals surface area contributed by atoms with Crippen LogP contribution in [0.4, 0.5) is 5.69 Å². The first-order valence-electron chi connectivity index (χ1n) is 6.14. The van der Waals surface area contributed by atoms with Gasteiger partial charge in [0.05, 0.1) is 4.92 Å². The van der Waals surface area contributed by atoms with Gasteiger partial charge in [0.1, 0.15) is 5.76 Å². The van der Waals surface area contributed by atoms with Gasteiger partial charge in [-0.25, -0.2) is 4.79 Å². The van der Waals surface area contributed by atoms with Gasteiger partial charge in [0.25, 0.3) is 0 Å². The molecule has 2 rings (SSSR count). The van der Waals surface area contributed by atoms with E-state index in [4.69, 9.17) is 14.3 Å². The number of carboxylic acid groups (broad SMARTS) is 1. The van der Waals surface area contributed by atoms with Crippen LogP contribution in [0.25, 0.3) is 0 Å². The Labute approximate surface area is 119 Å². The first-order chi connectivity index (χ1) is 9.90. The maximum absolute atomic E-state index is 11.1. The lowest BCUT2D eigenvalue weighted by atomic mass is 10.2. The molecule has 7 heteroatoms. The van der Waals surface area contributed by atoms with E-state index in [9.17, 15) is 14.9 Å². The van der Waals surface area contributed by atoms with E-state index < -0.39 is 17.0 Å². The summed E-state index contributed by atoms with van der Waals surface area (Å²) in [5, 5.41) is 19.9. The highest BCUT2D eigenvalue weighted by molar-refractivity contribution is 5.84. The summed E-state index contributed by atoms with van der Waals surface area (Å²) >= 11 is 0. The highest BCUT2D eigenvalue weighted by Gasteiger charge is 2.22. The minimum atomic E-state index is -1.19. The Kier molecular flexibility index (Phi) is 3.93. The van der Waals surface area contributed by atoms with Crippen LogP contribution in [-0.4, -0.2) is 16.0 Å². The fraction of sp³-hybridized carbons (Fsp3) is 0.214. The molecule has 7 nitrogen and oxygen atoms in total. The van der Waals surface area contributed by atoms with Crippen molar-refractivity contribution in [3.63, 3.8) is 0 Å². The molecule has 0 aliphatic rings. The first-order valence-corrected chi connectivity index (χ1v) is 6.14. The van der Waals surface area contributed by atoms with Crippen molar-refractivity contribution in [3.05, 3.63) is 57.5 Å². The Balaban J connectivity index is 2.27. The van der Waals surface area contributed by atoms with Crippen molar-refractivity contribution in [1.82, 2.24) is 0 Å². The van der Waals surface area contributed by atoms with E-state index in [1.165, 1.54) is 18.2 Å². The van der Waals surface area contributed by atoms with E-state index in [2.05, 4.69) is 0 Å². The van der Waals surface area contributed by atoms with Gasteiger partial charge >= 0.3 is 11.7 Å². The van der Waals surface area contributed by atoms with Crippen LogP contribution >= 0.6 is 0 Å². The van der Waals surface area contributed by atoms with Gasteiger partial charge < -0.3 is 14.3 Å². The molecule has 0 saturated heterocycles. The van der Waals surface area contributed by atoms with Gasteiger partial charge in [-0.15, -0.1) is 0 Å². The lowest BCUT2D eigenvalue weighted by molar-refractivity contribution is -0.386. The highest BCUT2D eigenvalue weighted by atomic mass is 16.6. The number of hydrogen-bond acceptors (Lipinski definition) is 5. The highest BCUT2D eigenvalue weighted by Crippen LogP contribution is 2.33. The molecule has 0 aliphatic carbocycles. The van der Waals surface area contributed by atoms with Crippen molar-refractivity contribution in [2.45, 2.75) is 20.0 Å². The minimum absolute atomic E-state index is 0.112. The number of aryl methyl sites for hydroxylation is 1. The number of rotatable bonds is 5. The molecular formula is C14H13NO6. The number of para-hydroxylation sites is 1. The molecule has 0 radical (unpaired) electrons. The molecule has 110 valence electrons. The molecule has 0 bridgehead atoms. The average Bonchev–Trinajstić information content (AvgIpc) is 2.88. The second kappa shape index (κ2) is 5.66. The fourth-order valence-electron chi connectivity index (χ4n) is 1.90. The van der Waals surface area contributed by atoms with Crippen molar-refractivity contribution in [1.29, 1.82) is 0 Å². The zero-order valence-electron chi connectivity index (χ0n) is 11.4. The van der Waals surface area contributed by atoms with Crippen LogP contribution in [0.15, 0.2) is 34.7 Å². The Morgan fingerprint density at radius 2 is 2.10 bits per heavy atom. The summed E-state index contributed by atoms with van der Waals surface area (Å²) in [4.78, 5) is 21.3. The number of ether oxygens (including phenoxy) is 1. The normalized spacial score (nSPS) is 11.9. The predicted molar refractivity (Wildman–Crippen MR) is 72.5 cm³/mol. The van der Waals surface area contributed by atoms with Gasteiger partial charge in [-0.05, 0) is 32.0 Å². The Morgan fingerprint density at radius 1 is 1.38 bits per heavy atom. The maximum atomic E-state index is 11.1. The second-order valence-electron chi connectivity index (χ2n) is 4.45. The van der Waals surface area contributed by atoms with Gasteiger partial charge in [0.15, 0.2) is 11.9 Å². The molecule has 0 saturated carbocycles. The molecule has 0 amide bonds. The molecule has 1 aromatic carbocycles. The summed E-state index contributed by atoms with van der Waals surface area (Å²) in [5.74, 6) is -1.00. The summed E-state index contributed by atoms with van der Waals surface area (Å²) < 4.78 is 10.7. The van der Waals surface area contributed by atoms with E-state index in [1.807, 2.05) is 0 Å². The zero-order chi connectivity index (χ0) is 15.6. The zero-order valence-corrected chi connectivity index (χ0v) is 11.4. The summed E-state index contributed by atoms with van der Waals surface area (Å²) in [7, 11) is 0. The molecule has 0 spiro atoms. The number of nitro groups is 1. The number of nitro benzene ring substituents is 1. The summed E-state index contributed by atoms with van der Waals surface area (Å²) in [6.07, 6.45) is -0.654. The molecule has 1 N–H and O–H groups in total. The number of nitrogens with zero attached hydrogens (tertiary/aromatic N) is 1. The minimum Gasteiger partial charge on any atom is -0.476 e. The van der Waals surface area contributed by atoms with E-state index >= 15 is 0 Å². The largest absolute Gasteiger partial charge is 0.476 e. The van der Waals surface area contributed by atoms with Crippen molar-refractivity contribution in [2.24, 2.45) is 0 Å². The van der Waals surface area contributed by atoms with Crippen molar-refractivity contribution in [3.8, 4) is 5.75 Å². The van der Waals surface area contributed by atoms with Crippen LogP contribution in [0, 0.1) is 17.0 Å². The van der Waals surface area contributed by atoms with Gasteiger partial charge in [-0.3, -0.25) is 10.1 Å². The number of benzene rings is 1. The molecular weight excluding hydrogens is 278 g/mol. The van der Waals surface area contributed by atoms with Gasteiger partial charge in [0.2, 0.25) is 5.76 Å². The first kappa shape index (κ1) is 14.6. The second-order valence-corrected chi connectivity index (χ2v) is 4.45. The van der Waals surface area contributed by atoms with Gasteiger partial charge in [-0.2, -0.15) is 0 Å². The number of carboxylic acids is 1. The Bertz CT molecular complexity index is 691. The third-order valence-electron chi connectivity index (χ3n) is 2.93. The Morgan fingerprint density at radius 3 is 2.67 bits per heavy atom. The number of carbonyl (C=O) groups is 1. The van der Waals surface area contributed by atoms with Crippen LogP contribution < -0.4 is 4.74 Å². The topological polar surface area (TPSA) is 103 Å².